The van der Waals surface area contributed by atoms with E-state index >= 15 is 0 Å². The minimum Gasteiger partial charge on any atom is -0.496 e. The van der Waals surface area contributed by atoms with E-state index in [2.05, 4.69) is 55.9 Å². The van der Waals surface area contributed by atoms with Crippen molar-refractivity contribution in [2.75, 3.05) is 111 Å². The number of amides is 6. The fourth-order valence-corrected chi connectivity index (χ4v) is 13.2. The van der Waals surface area contributed by atoms with Crippen LogP contribution in [0.25, 0.3) is 0 Å². The van der Waals surface area contributed by atoms with Gasteiger partial charge in [0.05, 0.1) is 46.2 Å². The number of hydrogen-bond acceptors (Lipinski definition) is 16. The quantitative estimate of drug-likeness (QED) is 0.0751. The summed E-state index contributed by atoms with van der Waals surface area (Å²) in [4.78, 5) is 98.9. The van der Waals surface area contributed by atoms with Crippen molar-refractivity contribution in [3.8, 4) is 23.3 Å². The van der Waals surface area contributed by atoms with Crippen LogP contribution in [-0.2, 0) is 20.9 Å². The lowest BCUT2D eigenvalue weighted by molar-refractivity contribution is -0.126. The summed E-state index contributed by atoms with van der Waals surface area (Å²) in [6.45, 7) is 15.8. The van der Waals surface area contributed by atoms with Crippen LogP contribution < -0.4 is 20.1 Å². The monoisotopic (exact) mass is 1160 g/mol. The summed E-state index contributed by atoms with van der Waals surface area (Å²) in [5.74, 6) is 5.51. The third-order valence-corrected chi connectivity index (χ3v) is 18.0. The van der Waals surface area contributed by atoms with Gasteiger partial charge in [0, 0.05) is 80.2 Å². The van der Waals surface area contributed by atoms with E-state index in [9.17, 15) is 28.8 Å². The average Bonchev–Trinajstić information content (AvgIpc) is 3.91. The number of benzene rings is 3. The molecule has 0 spiro atoms. The number of methoxy groups -OCH3 is 2. The van der Waals surface area contributed by atoms with Crippen LogP contribution >= 0.6 is 46.2 Å². The molecule has 3 aliphatic rings. The average molecular weight is 1160 g/mol. The van der Waals surface area contributed by atoms with Gasteiger partial charge in [0.1, 0.15) is 11.5 Å². The van der Waals surface area contributed by atoms with E-state index in [1.54, 1.807) is 59.2 Å². The molecule has 8 rings (SSSR count). The van der Waals surface area contributed by atoms with E-state index in [1.807, 2.05) is 70.4 Å². The molecule has 0 atom stereocenters. The van der Waals surface area contributed by atoms with Gasteiger partial charge in [0.2, 0.25) is 11.8 Å². The first-order chi connectivity index (χ1) is 38.5. The maximum Gasteiger partial charge on any atom is 0.298 e. The molecule has 18 nitrogen and oxygen atoms in total. The second-order valence-corrected chi connectivity index (χ2v) is 24.5. The standard InChI is InChI=1S/C31H35N5O4S2.C27H35N5O4S2/c1-6-9-27(37)35-12-8-13-36(15-14-35)30(39)24-18-26(21(2)16-25(24)40-5)41-28-19-32-31(42-28)33-29(38)23-11-7-10-22(17-23)20-34(3)4;1-5-23(33)31-9-6-10-32(14-13-31)26(35)20-16-22(18(2)15-21(20)36-4)37-24-17-28-27(38-24)29-25(34)19-7-11-30(3)12-8-19/h7,10-11,16-19H,8,12-15,20H2,1-5H3,(H,32,33,38);5,15-17,19H,1,6-14H2,2-4H3,(H,28,29,34). The minimum atomic E-state index is -0.213. The maximum absolute atomic E-state index is 13.6. The molecule has 2 aromatic heterocycles. The first-order valence-corrected chi connectivity index (χ1v) is 29.6. The second kappa shape index (κ2) is 29.1. The SMILES string of the molecule is C=CC(=O)N1CCCN(C(=O)c2cc(Sc3cnc(NC(=O)C4CCN(C)CC4)s3)c(C)cc2OC)CC1.CC#CC(=O)N1CCCN(C(=O)c2cc(Sc3cnc(NC(=O)c4cccc(CN(C)C)c4)s3)c(C)cc2OC)CC1. The minimum absolute atomic E-state index is 0.0181. The number of carbonyl (C=O) groups is 6. The predicted molar refractivity (Wildman–Crippen MR) is 316 cm³/mol. The van der Waals surface area contributed by atoms with Crippen LogP contribution in [0.3, 0.4) is 0 Å². The van der Waals surface area contributed by atoms with Gasteiger partial charge in [-0.3, -0.25) is 34.1 Å². The molecule has 0 radical (unpaired) electrons. The molecule has 6 amide bonds. The fourth-order valence-electron chi connectivity index (χ4n) is 9.30. The number of ether oxygens (including phenoxy) is 2. The number of anilines is 2. The second-order valence-electron chi connectivity index (χ2n) is 19.8. The van der Waals surface area contributed by atoms with Crippen LogP contribution in [0.4, 0.5) is 10.3 Å². The Hall–Kier alpha value is -6.74. The Morgan fingerprint density at radius 3 is 1.76 bits per heavy atom. The summed E-state index contributed by atoms with van der Waals surface area (Å²) < 4.78 is 12.9. The van der Waals surface area contributed by atoms with Gasteiger partial charge in [-0.1, -0.05) is 70.8 Å². The molecule has 3 saturated heterocycles. The normalized spacial score (nSPS) is 15.1. The third kappa shape index (κ3) is 16.4. The van der Waals surface area contributed by atoms with E-state index in [0.717, 1.165) is 67.4 Å². The number of carbonyl (C=O) groups excluding carboxylic acids is 6. The molecule has 424 valence electrons. The smallest absolute Gasteiger partial charge is 0.298 e. The summed E-state index contributed by atoms with van der Waals surface area (Å²) in [6, 6.07) is 15.0. The highest BCUT2D eigenvalue weighted by Gasteiger charge is 2.29. The molecule has 3 fully saturated rings. The number of aryl methyl sites for hydroxylation is 2. The van der Waals surface area contributed by atoms with Gasteiger partial charge in [-0.25, -0.2) is 9.97 Å². The summed E-state index contributed by atoms with van der Waals surface area (Å²) in [6.07, 6.45) is 7.88. The number of aromatic nitrogens is 2. The van der Waals surface area contributed by atoms with E-state index in [0.29, 0.717) is 104 Å². The Balaban J connectivity index is 0.000000232. The first kappa shape index (κ1) is 60.9. The molecule has 3 aliphatic heterocycles. The zero-order valence-corrected chi connectivity index (χ0v) is 50.0. The van der Waals surface area contributed by atoms with Gasteiger partial charge in [-0.15, -0.1) is 0 Å². The Labute approximate surface area is 485 Å². The van der Waals surface area contributed by atoms with Gasteiger partial charge in [-0.05, 0) is 146 Å². The molecule has 0 saturated carbocycles. The number of hydrogen-bond donors (Lipinski definition) is 2. The predicted octanol–water partition coefficient (Wildman–Crippen LogP) is 8.38. The number of nitrogens with zero attached hydrogens (tertiary/aromatic N) is 8. The van der Waals surface area contributed by atoms with Gasteiger partial charge in [0.15, 0.2) is 10.3 Å². The number of nitrogens with one attached hydrogen (secondary N) is 2. The van der Waals surface area contributed by atoms with Gasteiger partial charge < -0.3 is 44.2 Å². The number of piperidine rings is 1. The highest BCUT2D eigenvalue weighted by molar-refractivity contribution is 8.01. The topological polar surface area (TPSA) is 190 Å². The van der Waals surface area contributed by atoms with Crippen LogP contribution in [-0.4, -0.2) is 176 Å². The van der Waals surface area contributed by atoms with Crippen LogP contribution in [0.2, 0.25) is 0 Å². The Morgan fingerprint density at radius 1 is 0.725 bits per heavy atom. The highest BCUT2D eigenvalue weighted by Crippen LogP contribution is 2.40. The van der Waals surface area contributed by atoms with Crippen LogP contribution in [0.1, 0.15) is 80.4 Å². The van der Waals surface area contributed by atoms with E-state index in [4.69, 9.17) is 9.47 Å². The lowest BCUT2D eigenvalue weighted by Crippen LogP contribution is -2.37. The molecule has 80 heavy (non-hydrogen) atoms. The molecule has 2 N–H and O–H groups in total. The Bertz CT molecular complexity index is 3120. The van der Waals surface area contributed by atoms with Crippen molar-refractivity contribution in [2.24, 2.45) is 5.92 Å². The number of thiazole rings is 2. The highest BCUT2D eigenvalue weighted by atomic mass is 32.2. The van der Waals surface area contributed by atoms with Crippen LogP contribution in [0.5, 0.6) is 11.5 Å². The van der Waals surface area contributed by atoms with Gasteiger partial charge in [-0.2, -0.15) is 0 Å². The molecule has 22 heteroatoms. The van der Waals surface area contributed by atoms with Gasteiger partial charge in [0.25, 0.3) is 23.6 Å². The van der Waals surface area contributed by atoms with Crippen molar-refractivity contribution < 1.29 is 38.2 Å². The molecule has 5 aromatic rings. The fraction of sp³-hybridized carbons (Fsp3) is 0.414. The zero-order chi connectivity index (χ0) is 57.5. The maximum atomic E-state index is 13.6. The molecular formula is C58H70N10O8S4. The van der Waals surface area contributed by atoms with Crippen molar-refractivity contribution in [1.82, 2.24) is 39.4 Å². The van der Waals surface area contributed by atoms with E-state index in [-0.39, 0.29) is 41.4 Å². The molecule has 0 unspecified atom stereocenters. The van der Waals surface area contributed by atoms with Crippen LogP contribution in [0, 0.1) is 31.6 Å². The van der Waals surface area contributed by atoms with Gasteiger partial charge >= 0.3 is 0 Å². The van der Waals surface area contributed by atoms with Crippen molar-refractivity contribution >= 4 is 91.9 Å². The van der Waals surface area contributed by atoms with Crippen molar-refractivity contribution in [3.63, 3.8) is 0 Å². The summed E-state index contributed by atoms with van der Waals surface area (Å²) in [7, 11) is 9.17. The van der Waals surface area contributed by atoms with E-state index in [1.165, 1.54) is 52.3 Å². The molecule has 0 bridgehead atoms. The van der Waals surface area contributed by atoms with Crippen LogP contribution in [0.15, 0.2) is 91.8 Å². The molecule has 0 aliphatic carbocycles. The number of rotatable bonds is 15. The lowest BCUT2D eigenvalue weighted by Gasteiger charge is -2.27. The summed E-state index contributed by atoms with van der Waals surface area (Å²) >= 11 is 5.80. The summed E-state index contributed by atoms with van der Waals surface area (Å²) in [5, 5.41) is 6.97. The third-order valence-electron chi connectivity index (χ3n) is 13.6. The zero-order valence-electron chi connectivity index (χ0n) is 46.7. The largest absolute Gasteiger partial charge is 0.496 e. The molecule has 3 aromatic carbocycles. The van der Waals surface area contributed by atoms with E-state index < -0.39 is 0 Å². The number of likely N-dealkylation sites (tertiary alicyclic amines) is 1. The van der Waals surface area contributed by atoms with Crippen molar-refractivity contribution in [3.05, 3.63) is 107 Å². The Morgan fingerprint density at radius 2 is 1.24 bits per heavy atom. The Kier molecular flexibility index (Phi) is 22.2. The summed E-state index contributed by atoms with van der Waals surface area (Å²) in [5.41, 5.74) is 4.52. The van der Waals surface area contributed by atoms with Crippen molar-refractivity contribution in [2.45, 2.75) is 71.2 Å². The molecule has 5 heterocycles. The first-order valence-electron chi connectivity index (χ1n) is 26.4. The lowest BCUT2D eigenvalue weighted by atomic mass is 9.96. The van der Waals surface area contributed by atoms with Crippen molar-refractivity contribution in [1.29, 1.82) is 0 Å². The molecular weight excluding hydrogens is 1090 g/mol.